The van der Waals surface area contributed by atoms with Gasteiger partial charge in [0.15, 0.2) is 6.17 Å². The lowest BCUT2D eigenvalue weighted by Gasteiger charge is -2.46. The lowest BCUT2D eigenvalue weighted by molar-refractivity contribution is -0.152. The number of hydrogen-bond donors (Lipinski definition) is 3. The van der Waals surface area contributed by atoms with Gasteiger partial charge in [0.25, 0.3) is 0 Å². The van der Waals surface area contributed by atoms with Gasteiger partial charge < -0.3 is 14.9 Å². The largest absolute Gasteiger partial charge is 0.465 e. The van der Waals surface area contributed by atoms with Crippen molar-refractivity contribution in [2.75, 3.05) is 6.61 Å². The molecule has 5 unspecified atom stereocenters. The molecule has 200 valence electrons. The van der Waals surface area contributed by atoms with Gasteiger partial charge in [0.1, 0.15) is 0 Å². The second-order valence-electron chi connectivity index (χ2n) is 10.1. The molecule has 7 nitrogen and oxygen atoms in total. The molecule has 0 amide bonds. The summed E-state index contributed by atoms with van der Waals surface area (Å²) in [6, 6.07) is 0. The van der Waals surface area contributed by atoms with E-state index in [9.17, 15) is 36.6 Å². The number of rotatable bonds is 12. The minimum absolute atomic E-state index is 0.0337. The number of fused-ring (bicyclic) bond motifs is 2. The summed E-state index contributed by atoms with van der Waals surface area (Å²) in [6.07, 6.45) is -0.709. The zero-order valence-corrected chi connectivity index (χ0v) is 21.2. The second kappa shape index (κ2) is 10.6. The standard InChI is InChI=1S/C23H39F3O7S/c1-5-21(28,6-2)18-14-11-15(19(18)22(29,7-3)8-4)13-16(12-14)20(27)33-10-9-17(24)23(25,26)34(30,31)32/h14-19,28-29H,5-13H2,1-4H3,(H,30,31,32). The third-order valence-corrected chi connectivity index (χ3v) is 9.47. The van der Waals surface area contributed by atoms with Gasteiger partial charge in [-0.05, 0) is 68.6 Å². The molecule has 0 radical (unpaired) electrons. The summed E-state index contributed by atoms with van der Waals surface area (Å²) in [4.78, 5) is 12.7. The number of alkyl halides is 3. The van der Waals surface area contributed by atoms with Gasteiger partial charge in [0.2, 0.25) is 0 Å². The van der Waals surface area contributed by atoms with Crippen LogP contribution in [0.25, 0.3) is 0 Å². The van der Waals surface area contributed by atoms with Crippen LogP contribution in [0.2, 0.25) is 0 Å². The van der Waals surface area contributed by atoms with Gasteiger partial charge in [-0.2, -0.15) is 17.2 Å². The van der Waals surface area contributed by atoms with E-state index in [0.29, 0.717) is 38.5 Å². The lowest BCUT2D eigenvalue weighted by Crippen LogP contribution is -2.50. The van der Waals surface area contributed by atoms with Gasteiger partial charge in [-0.25, -0.2) is 4.39 Å². The average molecular weight is 517 g/mol. The monoisotopic (exact) mass is 516 g/mol. The molecular weight excluding hydrogens is 477 g/mol. The number of aliphatic hydroxyl groups is 2. The van der Waals surface area contributed by atoms with E-state index in [1.54, 1.807) is 0 Å². The molecule has 0 aromatic carbocycles. The molecule has 5 atom stereocenters. The van der Waals surface area contributed by atoms with Crippen LogP contribution in [0, 0.1) is 29.6 Å². The summed E-state index contributed by atoms with van der Waals surface area (Å²) < 4.78 is 75.2. The first kappa shape index (κ1) is 29.3. The molecule has 0 aromatic rings. The molecule has 2 bridgehead atoms. The van der Waals surface area contributed by atoms with Gasteiger partial charge >= 0.3 is 21.3 Å². The van der Waals surface area contributed by atoms with Crippen molar-refractivity contribution in [3.63, 3.8) is 0 Å². The van der Waals surface area contributed by atoms with Gasteiger partial charge in [0, 0.05) is 6.42 Å². The zero-order valence-electron chi connectivity index (χ0n) is 20.3. The molecular formula is C23H39F3O7S. The van der Waals surface area contributed by atoms with E-state index in [2.05, 4.69) is 0 Å². The van der Waals surface area contributed by atoms with Crippen molar-refractivity contribution < 1.29 is 45.9 Å². The second-order valence-corrected chi connectivity index (χ2v) is 11.6. The maximum Gasteiger partial charge on any atom is 0.400 e. The summed E-state index contributed by atoms with van der Waals surface area (Å²) in [6.45, 7) is 6.86. The fourth-order valence-electron chi connectivity index (χ4n) is 6.47. The Morgan fingerprint density at radius 2 is 1.35 bits per heavy atom. The molecule has 0 aliphatic heterocycles. The Morgan fingerprint density at radius 3 is 1.71 bits per heavy atom. The zero-order chi connectivity index (χ0) is 26.1. The molecule has 2 rings (SSSR count). The highest BCUT2D eigenvalue weighted by atomic mass is 32.2. The molecule has 0 spiro atoms. The number of esters is 1. The first-order chi connectivity index (χ1) is 15.6. The van der Waals surface area contributed by atoms with Crippen molar-refractivity contribution in [3.8, 4) is 0 Å². The van der Waals surface area contributed by atoms with Crippen molar-refractivity contribution in [1.82, 2.24) is 0 Å². The SMILES string of the molecule is CCC(O)(CC)C1C2CC(C(=O)OCCC(F)C(F)(F)S(=O)(=O)O)CC(C2)C1C(O)(CC)CC. The molecule has 3 N–H and O–H groups in total. The van der Waals surface area contributed by atoms with Crippen molar-refractivity contribution >= 4 is 16.1 Å². The van der Waals surface area contributed by atoms with Gasteiger partial charge in [-0.3, -0.25) is 9.35 Å². The van der Waals surface area contributed by atoms with E-state index in [1.807, 2.05) is 27.7 Å². The van der Waals surface area contributed by atoms with Crippen LogP contribution < -0.4 is 0 Å². The normalized spacial score (nSPS) is 29.2. The lowest BCUT2D eigenvalue weighted by atomic mass is 9.65. The Morgan fingerprint density at radius 1 is 0.941 bits per heavy atom. The van der Waals surface area contributed by atoms with Crippen LogP contribution in [0.1, 0.15) is 79.1 Å². The number of carbonyl (C=O) groups is 1. The van der Waals surface area contributed by atoms with Gasteiger partial charge in [-0.1, -0.05) is 27.7 Å². The van der Waals surface area contributed by atoms with E-state index in [0.717, 1.165) is 6.42 Å². The van der Waals surface area contributed by atoms with Crippen molar-refractivity contribution in [2.45, 2.75) is 102 Å². The van der Waals surface area contributed by atoms with Crippen molar-refractivity contribution in [3.05, 3.63) is 0 Å². The summed E-state index contributed by atoms with van der Waals surface area (Å²) in [5.41, 5.74) is -1.99. The number of carbonyl (C=O) groups excluding carboxylic acids is 1. The highest BCUT2D eigenvalue weighted by molar-refractivity contribution is 7.86. The Bertz CT molecular complexity index is 779. The highest BCUT2D eigenvalue weighted by Gasteiger charge is 2.60. The maximum atomic E-state index is 13.7. The number of halogens is 3. The van der Waals surface area contributed by atoms with Crippen LogP contribution >= 0.6 is 0 Å². The summed E-state index contributed by atoms with van der Waals surface area (Å²) in [5.74, 6) is -1.77. The molecule has 0 heterocycles. The van der Waals surface area contributed by atoms with Crippen LogP contribution in [0.4, 0.5) is 13.2 Å². The van der Waals surface area contributed by atoms with Crippen LogP contribution in [0.3, 0.4) is 0 Å². The van der Waals surface area contributed by atoms with Crippen molar-refractivity contribution in [1.29, 1.82) is 0 Å². The van der Waals surface area contributed by atoms with E-state index in [4.69, 9.17) is 9.29 Å². The maximum absolute atomic E-state index is 13.7. The Labute approximate surface area is 200 Å². The molecule has 0 saturated heterocycles. The Balaban J connectivity index is 2.15. The van der Waals surface area contributed by atoms with Crippen molar-refractivity contribution in [2.24, 2.45) is 29.6 Å². The topological polar surface area (TPSA) is 121 Å². The molecule has 2 aliphatic carbocycles. The van der Waals surface area contributed by atoms with Crippen LogP contribution in [-0.4, -0.2) is 58.4 Å². The summed E-state index contributed by atoms with van der Waals surface area (Å²) in [5, 5.41) is 17.9. The van der Waals surface area contributed by atoms with Gasteiger partial charge in [0.05, 0.1) is 23.7 Å². The van der Waals surface area contributed by atoms with Crippen LogP contribution in [-0.2, 0) is 19.6 Å². The molecule has 2 saturated carbocycles. The average Bonchev–Trinajstić information content (AvgIpc) is 3.07. The molecule has 2 fully saturated rings. The predicted octanol–water partition coefficient (Wildman–Crippen LogP) is 4.12. The molecule has 11 heteroatoms. The molecule has 0 aromatic heterocycles. The fourth-order valence-corrected chi connectivity index (χ4v) is 6.91. The van der Waals surface area contributed by atoms with E-state index >= 15 is 0 Å². The quantitative estimate of drug-likeness (QED) is 0.264. The number of hydrogen-bond acceptors (Lipinski definition) is 6. The summed E-state index contributed by atoms with van der Waals surface area (Å²) >= 11 is 0. The van der Waals surface area contributed by atoms with E-state index in [-0.39, 0.29) is 23.7 Å². The Hall–Kier alpha value is -0.910. The van der Waals surface area contributed by atoms with Crippen LogP contribution in [0.5, 0.6) is 0 Å². The summed E-state index contributed by atoms with van der Waals surface area (Å²) in [7, 11) is -5.93. The van der Waals surface area contributed by atoms with E-state index < -0.39 is 57.7 Å². The highest BCUT2D eigenvalue weighted by Crippen LogP contribution is 2.60. The molecule has 34 heavy (non-hydrogen) atoms. The minimum atomic E-state index is -5.93. The fraction of sp³-hybridized carbons (Fsp3) is 0.957. The predicted molar refractivity (Wildman–Crippen MR) is 119 cm³/mol. The van der Waals surface area contributed by atoms with E-state index in [1.165, 1.54) is 0 Å². The third-order valence-electron chi connectivity index (χ3n) is 8.53. The van der Waals surface area contributed by atoms with Gasteiger partial charge in [-0.15, -0.1) is 0 Å². The minimum Gasteiger partial charge on any atom is -0.465 e. The molecule has 2 aliphatic rings. The Kier molecular flexibility index (Phi) is 9.14. The van der Waals surface area contributed by atoms with Crippen LogP contribution in [0.15, 0.2) is 0 Å². The number of ether oxygens (including phenoxy) is 1. The first-order valence-corrected chi connectivity index (χ1v) is 13.7. The third kappa shape index (κ3) is 5.42. The first-order valence-electron chi connectivity index (χ1n) is 12.2. The smallest absolute Gasteiger partial charge is 0.400 e.